The Morgan fingerprint density at radius 1 is 1.14 bits per heavy atom. The minimum Gasteiger partial charge on any atom is -0.378 e. The number of rotatable bonds is 8. The van der Waals surface area contributed by atoms with E-state index in [1.165, 1.54) is 56.7 Å². The molecule has 0 radical (unpaired) electrons. The molecule has 0 saturated carbocycles. The average Bonchev–Trinajstić information content (AvgIpc) is 2.92. The Balaban J connectivity index is 1.63. The second kappa shape index (κ2) is 10.1. The van der Waals surface area contributed by atoms with Crippen molar-refractivity contribution < 1.29 is 9.53 Å². The molecule has 0 aromatic heterocycles. The number of hydrogen-bond donors (Lipinski definition) is 0. The summed E-state index contributed by atoms with van der Waals surface area (Å²) in [7, 11) is 0. The number of nitrogens with zero attached hydrogens (tertiary/aromatic N) is 2. The van der Waals surface area contributed by atoms with Gasteiger partial charge in [0.15, 0.2) is 5.17 Å². The van der Waals surface area contributed by atoms with Crippen LogP contribution in [0.3, 0.4) is 0 Å². The van der Waals surface area contributed by atoms with Crippen molar-refractivity contribution in [2.45, 2.75) is 58.3 Å². The summed E-state index contributed by atoms with van der Waals surface area (Å²) < 4.78 is 5.33. The number of amidine groups is 1. The molecule has 1 amide bonds. The van der Waals surface area contributed by atoms with E-state index in [1.807, 2.05) is 0 Å². The molecular weight excluding hydrogens is 296 g/mol. The van der Waals surface area contributed by atoms with Gasteiger partial charge in [-0.15, -0.1) is 0 Å². The van der Waals surface area contributed by atoms with Crippen molar-refractivity contribution in [1.82, 2.24) is 4.90 Å². The number of aliphatic imine (C=N–C) groups is 1. The molecule has 124 valence electrons. The summed E-state index contributed by atoms with van der Waals surface area (Å²) in [6.45, 7) is 5.37. The SMILES string of the molecule is CCCCCCCCC/C=C1/SC(N2CCOCC2)=NC1=O. The maximum atomic E-state index is 11.9. The minimum absolute atomic E-state index is 0.0607. The predicted molar refractivity (Wildman–Crippen MR) is 93.1 cm³/mol. The van der Waals surface area contributed by atoms with E-state index in [2.05, 4.69) is 22.9 Å². The largest absolute Gasteiger partial charge is 0.378 e. The average molecular weight is 324 g/mol. The number of carbonyl (C=O) groups is 1. The van der Waals surface area contributed by atoms with Crippen LogP contribution in [0.5, 0.6) is 0 Å². The maximum absolute atomic E-state index is 11.9. The van der Waals surface area contributed by atoms with Crippen LogP contribution in [0.4, 0.5) is 0 Å². The number of thioether (sulfide) groups is 1. The number of morpholine rings is 1. The van der Waals surface area contributed by atoms with Crippen molar-refractivity contribution in [1.29, 1.82) is 0 Å². The zero-order valence-corrected chi connectivity index (χ0v) is 14.5. The van der Waals surface area contributed by atoms with Crippen molar-refractivity contribution in [3.05, 3.63) is 11.0 Å². The van der Waals surface area contributed by atoms with E-state index in [0.717, 1.165) is 42.8 Å². The van der Waals surface area contributed by atoms with Crippen molar-refractivity contribution in [2.75, 3.05) is 26.3 Å². The summed E-state index contributed by atoms with van der Waals surface area (Å²) in [5.41, 5.74) is 0. The predicted octanol–water partition coefficient (Wildman–Crippen LogP) is 3.97. The van der Waals surface area contributed by atoms with Crippen LogP contribution in [0.1, 0.15) is 58.3 Å². The Morgan fingerprint density at radius 3 is 2.55 bits per heavy atom. The zero-order chi connectivity index (χ0) is 15.6. The summed E-state index contributed by atoms with van der Waals surface area (Å²) >= 11 is 1.53. The quantitative estimate of drug-likeness (QED) is 0.500. The smallest absolute Gasteiger partial charge is 0.285 e. The van der Waals surface area contributed by atoms with E-state index in [4.69, 9.17) is 4.74 Å². The number of ether oxygens (including phenoxy) is 1. The molecule has 0 atom stereocenters. The van der Waals surface area contributed by atoms with Crippen LogP contribution in [0.25, 0.3) is 0 Å². The summed E-state index contributed by atoms with van der Waals surface area (Å²) in [6.07, 6.45) is 12.2. The van der Waals surface area contributed by atoms with Gasteiger partial charge in [-0.1, -0.05) is 51.5 Å². The lowest BCUT2D eigenvalue weighted by Crippen LogP contribution is -2.38. The second-order valence-electron chi connectivity index (χ2n) is 5.88. The number of amides is 1. The Labute approximate surface area is 138 Å². The van der Waals surface area contributed by atoms with E-state index >= 15 is 0 Å². The van der Waals surface area contributed by atoms with Gasteiger partial charge in [0.25, 0.3) is 5.91 Å². The lowest BCUT2D eigenvalue weighted by molar-refractivity contribution is -0.113. The molecule has 0 bridgehead atoms. The third-order valence-corrected chi connectivity index (χ3v) is 5.12. The van der Waals surface area contributed by atoms with Gasteiger partial charge in [-0.25, -0.2) is 0 Å². The van der Waals surface area contributed by atoms with Crippen LogP contribution >= 0.6 is 11.8 Å². The van der Waals surface area contributed by atoms with Crippen molar-refractivity contribution in [3.8, 4) is 0 Å². The number of hydrogen-bond acceptors (Lipinski definition) is 4. The summed E-state index contributed by atoms with van der Waals surface area (Å²) in [5, 5.41) is 0.860. The van der Waals surface area contributed by atoms with E-state index in [9.17, 15) is 4.79 Å². The van der Waals surface area contributed by atoms with Crippen molar-refractivity contribution >= 4 is 22.8 Å². The highest BCUT2D eigenvalue weighted by atomic mass is 32.2. The highest BCUT2D eigenvalue weighted by Crippen LogP contribution is 2.29. The van der Waals surface area contributed by atoms with Crippen LogP contribution in [-0.2, 0) is 9.53 Å². The second-order valence-corrected chi connectivity index (χ2v) is 6.89. The van der Waals surface area contributed by atoms with Crippen LogP contribution in [0.2, 0.25) is 0 Å². The molecule has 0 spiro atoms. The molecule has 22 heavy (non-hydrogen) atoms. The molecule has 2 aliphatic heterocycles. The zero-order valence-electron chi connectivity index (χ0n) is 13.7. The molecule has 2 rings (SSSR count). The first kappa shape index (κ1) is 17.5. The molecule has 4 nitrogen and oxygen atoms in total. The summed E-state index contributed by atoms with van der Waals surface area (Å²) in [6, 6.07) is 0. The van der Waals surface area contributed by atoms with Gasteiger partial charge in [0.05, 0.1) is 18.1 Å². The molecule has 1 saturated heterocycles. The molecule has 0 aliphatic carbocycles. The molecule has 0 unspecified atom stereocenters. The molecule has 2 heterocycles. The molecule has 0 N–H and O–H groups in total. The molecule has 5 heteroatoms. The van der Waals surface area contributed by atoms with Gasteiger partial charge >= 0.3 is 0 Å². The van der Waals surface area contributed by atoms with Gasteiger partial charge in [-0.3, -0.25) is 4.79 Å². The Kier molecular flexibility index (Phi) is 8.02. The van der Waals surface area contributed by atoms with E-state index in [0.29, 0.717) is 0 Å². The monoisotopic (exact) mass is 324 g/mol. The number of unbranched alkanes of at least 4 members (excludes halogenated alkanes) is 7. The van der Waals surface area contributed by atoms with Gasteiger partial charge in [0.1, 0.15) is 0 Å². The fourth-order valence-electron chi connectivity index (χ4n) is 2.66. The molecular formula is C17H28N2O2S. The fraction of sp³-hybridized carbons (Fsp3) is 0.765. The molecule has 1 fully saturated rings. The standard InChI is InChI=1S/C17H28N2O2S/c1-2-3-4-5-6-7-8-9-10-15-16(20)18-17(22-15)19-11-13-21-14-12-19/h10H,2-9,11-14H2,1H3/b15-10+. The molecule has 0 aromatic carbocycles. The Hall–Kier alpha value is -0.810. The highest BCUT2D eigenvalue weighted by molar-refractivity contribution is 8.18. The lowest BCUT2D eigenvalue weighted by atomic mass is 10.1. The van der Waals surface area contributed by atoms with Gasteiger partial charge < -0.3 is 9.64 Å². The highest BCUT2D eigenvalue weighted by Gasteiger charge is 2.26. The Morgan fingerprint density at radius 2 is 1.82 bits per heavy atom. The van der Waals surface area contributed by atoms with Crippen molar-refractivity contribution in [2.24, 2.45) is 4.99 Å². The first-order valence-electron chi connectivity index (χ1n) is 8.65. The Bertz CT molecular complexity index is 415. The number of allylic oxidation sites excluding steroid dienone is 1. The molecule has 2 aliphatic rings. The van der Waals surface area contributed by atoms with Gasteiger partial charge in [-0.05, 0) is 24.6 Å². The molecule has 0 aromatic rings. The minimum atomic E-state index is -0.0607. The third kappa shape index (κ3) is 5.76. The van der Waals surface area contributed by atoms with E-state index < -0.39 is 0 Å². The lowest BCUT2D eigenvalue weighted by Gasteiger charge is -2.27. The number of carbonyl (C=O) groups excluding carboxylic acids is 1. The first-order valence-corrected chi connectivity index (χ1v) is 9.46. The normalized spacial score (nSPS) is 20.8. The maximum Gasteiger partial charge on any atom is 0.285 e. The van der Waals surface area contributed by atoms with E-state index in [1.54, 1.807) is 0 Å². The van der Waals surface area contributed by atoms with E-state index in [-0.39, 0.29) is 5.91 Å². The van der Waals surface area contributed by atoms with Crippen LogP contribution < -0.4 is 0 Å². The third-order valence-electron chi connectivity index (χ3n) is 4.03. The first-order chi connectivity index (χ1) is 10.8. The van der Waals surface area contributed by atoms with Gasteiger partial charge in [0, 0.05) is 13.1 Å². The summed E-state index contributed by atoms with van der Waals surface area (Å²) in [5.74, 6) is -0.0607. The van der Waals surface area contributed by atoms with Crippen molar-refractivity contribution in [3.63, 3.8) is 0 Å². The van der Waals surface area contributed by atoms with Crippen LogP contribution in [0, 0.1) is 0 Å². The van der Waals surface area contributed by atoms with Gasteiger partial charge in [-0.2, -0.15) is 4.99 Å². The van der Waals surface area contributed by atoms with Crippen LogP contribution in [0.15, 0.2) is 16.0 Å². The van der Waals surface area contributed by atoms with Gasteiger partial charge in [0.2, 0.25) is 0 Å². The van der Waals surface area contributed by atoms with Crippen LogP contribution in [-0.4, -0.2) is 42.3 Å². The summed E-state index contributed by atoms with van der Waals surface area (Å²) in [4.78, 5) is 19.1. The fourth-order valence-corrected chi connectivity index (χ4v) is 3.63. The topological polar surface area (TPSA) is 41.9 Å².